The van der Waals surface area contributed by atoms with E-state index in [0.29, 0.717) is 12.4 Å². The molecule has 2 aromatic carbocycles. The van der Waals surface area contributed by atoms with Crippen LogP contribution in [0, 0.1) is 17.0 Å². The van der Waals surface area contributed by atoms with Gasteiger partial charge in [-0.2, -0.15) is 0 Å². The fourth-order valence-electron chi connectivity index (χ4n) is 4.26. The molecule has 0 fully saturated rings. The van der Waals surface area contributed by atoms with Crippen molar-refractivity contribution in [2.75, 3.05) is 13.2 Å². The molecule has 0 aliphatic heterocycles. The molecule has 0 bridgehead atoms. The van der Waals surface area contributed by atoms with Gasteiger partial charge in [-0.25, -0.2) is 13.8 Å². The zero-order valence-electron chi connectivity index (χ0n) is 21.1. The molecule has 0 saturated carbocycles. The summed E-state index contributed by atoms with van der Waals surface area (Å²) in [5.41, 5.74) is 6.10. The van der Waals surface area contributed by atoms with Crippen molar-refractivity contribution in [2.24, 2.45) is 11.1 Å². The molecular weight excluding hydrogens is 482 g/mol. The third kappa shape index (κ3) is 6.78. The average Bonchev–Trinajstić information content (AvgIpc) is 3.24. The molecule has 1 amide bonds. The topological polar surface area (TPSA) is 122 Å². The third-order valence-electron chi connectivity index (χ3n) is 6.04. The van der Waals surface area contributed by atoms with E-state index in [1.165, 1.54) is 4.90 Å². The number of halogens is 2. The van der Waals surface area contributed by atoms with E-state index in [2.05, 4.69) is 4.98 Å². The van der Waals surface area contributed by atoms with Gasteiger partial charge < -0.3 is 25.4 Å². The molecule has 0 unspecified atom stereocenters. The van der Waals surface area contributed by atoms with Gasteiger partial charge in [0.25, 0.3) is 0 Å². The lowest BCUT2D eigenvalue weighted by Gasteiger charge is -2.40. The number of carboxylic acid groups (broad SMARTS) is 1. The van der Waals surface area contributed by atoms with E-state index >= 15 is 0 Å². The quantitative estimate of drug-likeness (QED) is 0.380. The summed E-state index contributed by atoms with van der Waals surface area (Å²) in [5, 5.41) is 19.0. The van der Waals surface area contributed by atoms with E-state index < -0.39 is 47.6 Å². The molecule has 3 rings (SSSR count). The third-order valence-corrected chi connectivity index (χ3v) is 6.04. The first-order valence-corrected chi connectivity index (χ1v) is 11.9. The van der Waals surface area contributed by atoms with E-state index in [0.717, 1.165) is 23.8 Å². The zero-order valence-corrected chi connectivity index (χ0v) is 21.1. The van der Waals surface area contributed by atoms with Gasteiger partial charge in [0.1, 0.15) is 30.1 Å². The van der Waals surface area contributed by atoms with Gasteiger partial charge in [0.05, 0.1) is 11.7 Å². The van der Waals surface area contributed by atoms with Crippen molar-refractivity contribution in [3.8, 4) is 11.3 Å². The molecule has 1 aromatic heterocycles. The Labute approximate surface area is 214 Å². The summed E-state index contributed by atoms with van der Waals surface area (Å²) >= 11 is 0. The van der Waals surface area contributed by atoms with Gasteiger partial charge >= 0.3 is 5.97 Å². The molecule has 0 radical (unpaired) electrons. The van der Waals surface area contributed by atoms with Crippen LogP contribution in [0.15, 0.2) is 54.7 Å². The van der Waals surface area contributed by atoms with Gasteiger partial charge in [-0.15, -0.1) is 0 Å². The maximum atomic E-state index is 14.7. The highest BCUT2D eigenvalue weighted by atomic mass is 19.1. The highest BCUT2D eigenvalue weighted by Crippen LogP contribution is 2.39. The maximum Gasteiger partial charge on any atom is 0.320 e. The molecule has 0 aliphatic carbocycles. The Hall–Kier alpha value is -3.63. The second-order valence-electron chi connectivity index (χ2n) is 9.97. The standard InChI is InChI=1S/C27H32F2N4O4/c1-27(2,3)24(33(23(35)16-34)12-11-21(30)26(36)37)25-31-22(19-13-18(28)9-10-20(19)29)15-32(25)14-17-7-5-4-6-8-17/h4-10,13,15,21,24,34H,11-12,14,16,30H2,1-3H3,(H,36,37)/t21-,24-/m0/s1. The van der Waals surface area contributed by atoms with Gasteiger partial charge in [0, 0.05) is 24.8 Å². The van der Waals surface area contributed by atoms with Gasteiger partial charge in [-0.05, 0) is 35.6 Å². The lowest BCUT2D eigenvalue weighted by Crippen LogP contribution is -2.46. The minimum atomic E-state index is -1.21. The maximum absolute atomic E-state index is 14.7. The van der Waals surface area contributed by atoms with Crippen molar-refractivity contribution >= 4 is 11.9 Å². The predicted octanol–water partition coefficient (Wildman–Crippen LogP) is 3.59. The highest BCUT2D eigenvalue weighted by Gasteiger charge is 2.38. The van der Waals surface area contributed by atoms with E-state index in [9.17, 15) is 28.6 Å². The molecule has 8 nitrogen and oxygen atoms in total. The van der Waals surface area contributed by atoms with Gasteiger partial charge in [0.15, 0.2) is 0 Å². The minimum absolute atomic E-state index is 0.0337. The minimum Gasteiger partial charge on any atom is -0.480 e. The fourth-order valence-corrected chi connectivity index (χ4v) is 4.26. The Balaban J connectivity index is 2.18. The van der Waals surface area contributed by atoms with Crippen LogP contribution >= 0.6 is 0 Å². The number of imidazole rings is 1. The molecule has 10 heteroatoms. The van der Waals surface area contributed by atoms with Crippen molar-refractivity contribution in [3.05, 3.63) is 77.8 Å². The van der Waals surface area contributed by atoms with Crippen LogP contribution in [0.25, 0.3) is 11.3 Å². The number of aromatic nitrogens is 2. The second-order valence-corrected chi connectivity index (χ2v) is 9.97. The largest absolute Gasteiger partial charge is 0.480 e. The molecule has 0 saturated heterocycles. The van der Waals surface area contributed by atoms with Crippen molar-refractivity contribution in [3.63, 3.8) is 0 Å². The first-order chi connectivity index (χ1) is 17.4. The summed E-state index contributed by atoms with van der Waals surface area (Å²) in [6.07, 6.45) is 1.54. The van der Waals surface area contributed by atoms with Crippen molar-refractivity contribution < 1.29 is 28.6 Å². The lowest BCUT2D eigenvalue weighted by atomic mass is 9.84. The summed E-state index contributed by atoms with van der Waals surface area (Å²) in [6.45, 7) is 5.07. The van der Waals surface area contributed by atoms with Crippen molar-refractivity contribution in [2.45, 2.75) is 45.8 Å². The van der Waals surface area contributed by atoms with Crippen LogP contribution in [0.5, 0.6) is 0 Å². The van der Waals surface area contributed by atoms with E-state index in [4.69, 9.17) is 5.73 Å². The van der Waals surface area contributed by atoms with Crippen molar-refractivity contribution in [1.82, 2.24) is 14.5 Å². The summed E-state index contributed by atoms with van der Waals surface area (Å²) in [7, 11) is 0. The number of nitrogens with zero attached hydrogens (tertiary/aromatic N) is 3. The van der Waals surface area contributed by atoms with E-state index in [-0.39, 0.29) is 24.2 Å². The van der Waals surface area contributed by atoms with Crippen LogP contribution in [0.1, 0.15) is 44.6 Å². The fraction of sp³-hybridized carbons (Fsp3) is 0.370. The molecule has 3 aromatic rings. The summed E-state index contributed by atoms with van der Waals surface area (Å²) < 4.78 is 30.5. The molecule has 37 heavy (non-hydrogen) atoms. The van der Waals surface area contributed by atoms with Gasteiger partial charge in [0.2, 0.25) is 5.91 Å². The first-order valence-electron chi connectivity index (χ1n) is 11.9. The molecule has 1 heterocycles. The Kier molecular flexibility index (Phi) is 8.77. The second kappa shape index (κ2) is 11.6. The molecule has 0 spiro atoms. The SMILES string of the molecule is CC(C)(C)[C@H](c1nc(-c2cc(F)ccc2F)cn1Cc1ccccc1)N(CC[C@H](N)C(=O)O)C(=O)CO. The van der Waals surface area contributed by atoms with Crippen LogP contribution in [-0.2, 0) is 16.1 Å². The molecule has 2 atom stereocenters. The Morgan fingerprint density at radius 1 is 1.14 bits per heavy atom. The number of rotatable bonds is 10. The number of aliphatic carboxylic acids is 1. The average molecular weight is 515 g/mol. The Morgan fingerprint density at radius 3 is 2.41 bits per heavy atom. The number of aliphatic hydroxyl groups is 1. The first kappa shape index (κ1) is 27.9. The molecule has 4 N–H and O–H groups in total. The number of carboxylic acids is 1. The number of carbonyl (C=O) groups excluding carboxylic acids is 1. The van der Waals surface area contributed by atoms with Gasteiger partial charge in [-0.1, -0.05) is 51.1 Å². The normalized spacial score (nSPS) is 13.3. The van der Waals surface area contributed by atoms with Crippen LogP contribution in [0.3, 0.4) is 0 Å². The van der Waals surface area contributed by atoms with E-state index in [1.54, 1.807) is 10.8 Å². The summed E-state index contributed by atoms with van der Waals surface area (Å²) in [5.74, 6) is -2.74. The lowest BCUT2D eigenvalue weighted by molar-refractivity contribution is -0.142. The molecular formula is C27H32F2N4O4. The Bertz CT molecular complexity index is 1240. The smallest absolute Gasteiger partial charge is 0.320 e. The Morgan fingerprint density at radius 2 is 1.81 bits per heavy atom. The highest BCUT2D eigenvalue weighted by molar-refractivity contribution is 5.78. The number of nitrogens with two attached hydrogens (primary N) is 1. The number of carbonyl (C=O) groups is 2. The van der Waals surface area contributed by atoms with Gasteiger partial charge in [-0.3, -0.25) is 9.59 Å². The molecule has 198 valence electrons. The van der Waals surface area contributed by atoms with Crippen LogP contribution in [0.2, 0.25) is 0 Å². The van der Waals surface area contributed by atoms with Crippen LogP contribution in [0.4, 0.5) is 8.78 Å². The van der Waals surface area contributed by atoms with Crippen LogP contribution in [-0.4, -0.2) is 55.7 Å². The monoisotopic (exact) mass is 514 g/mol. The van der Waals surface area contributed by atoms with Crippen molar-refractivity contribution in [1.29, 1.82) is 0 Å². The van der Waals surface area contributed by atoms with E-state index in [1.807, 2.05) is 51.1 Å². The predicted molar refractivity (Wildman–Crippen MR) is 134 cm³/mol. The number of hydrogen-bond acceptors (Lipinski definition) is 5. The zero-order chi connectivity index (χ0) is 27.3. The van der Waals surface area contributed by atoms with Crippen LogP contribution < -0.4 is 5.73 Å². The molecule has 0 aliphatic rings. The number of hydrogen-bond donors (Lipinski definition) is 3. The number of amides is 1. The number of aliphatic hydroxyl groups excluding tert-OH is 1. The summed E-state index contributed by atoms with van der Waals surface area (Å²) in [4.78, 5) is 30.3. The number of benzene rings is 2. The summed E-state index contributed by atoms with van der Waals surface area (Å²) in [6, 6.07) is 10.5.